The highest BCUT2D eigenvalue weighted by Gasteiger charge is 2.64. The lowest BCUT2D eigenvalue weighted by atomic mass is 9.49. The first-order chi connectivity index (χ1) is 11.5. The molecule has 0 saturated heterocycles. The van der Waals surface area contributed by atoms with Crippen LogP contribution in [0.1, 0.15) is 58.3 Å². The van der Waals surface area contributed by atoms with E-state index in [1.165, 1.54) is 0 Å². The molecular weight excluding hydrogens is 300 g/mol. The third-order valence-electron chi connectivity index (χ3n) is 8.07. The molecule has 3 fully saturated rings. The van der Waals surface area contributed by atoms with Gasteiger partial charge in [-0.1, -0.05) is 12.8 Å². The highest BCUT2D eigenvalue weighted by atomic mass is 16.3. The van der Waals surface area contributed by atoms with Gasteiger partial charge < -0.3 is 10.2 Å². The summed E-state index contributed by atoms with van der Waals surface area (Å²) in [7, 11) is 0. The van der Waals surface area contributed by atoms with Crippen LogP contribution in [0.4, 0.5) is 0 Å². The molecule has 0 aromatic rings. The van der Waals surface area contributed by atoms with E-state index in [9.17, 15) is 15.0 Å². The van der Waals surface area contributed by atoms with Crippen molar-refractivity contribution in [1.82, 2.24) is 0 Å². The SMILES string of the molecule is C#C[C@]1(O)CC[C@H]2[C@@H]3C[C@H](O)C4=CC(=O)CC[C@@H]4[C@H]3CC[C@]21CC. The van der Waals surface area contributed by atoms with Gasteiger partial charge in [-0.15, -0.1) is 6.42 Å². The zero-order valence-electron chi connectivity index (χ0n) is 14.5. The average Bonchev–Trinajstić information content (AvgIpc) is 2.89. The predicted molar refractivity (Wildman–Crippen MR) is 91.9 cm³/mol. The Labute approximate surface area is 144 Å². The Bertz CT molecular complexity index is 629. The van der Waals surface area contributed by atoms with Gasteiger partial charge in [-0.25, -0.2) is 0 Å². The molecule has 0 aliphatic heterocycles. The fraction of sp³-hybridized carbons (Fsp3) is 0.762. The van der Waals surface area contributed by atoms with Crippen LogP contribution in [0.2, 0.25) is 0 Å². The molecule has 4 aliphatic carbocycles. The van der Waals surface area contributed by atoms with Crippen LogP contribution in [0, 0.1) is 41.4 Å². The topological polar surface area (TPSA) is 57.5 Å². The number of rotatable bonds is 1. The van der Waals surface area contributed by atoms with Gasteiger partial charge in [0.25, 0.3) is 0 Å². The molecule has 3 heteroatoms. The summed E-state index contributed by atoms with van der Waals surface area (Å²) in [6, 6.07) is 0. The monoisotopic (exact) mass is 328 g/mol. The number of terminal acetylenes is 1. The lowest BCUT2D eigenvalue weighted by Gasteiger charge is -2.56. The summed E-state index contributed by atoms with van der Waals surface area (Å²) in [6.07, 6.45) is 13.8. The van der Waals surface area contributed by atoms with Crippen molar-refractivity contribution in [1.29, 1.82) is 0 Å². The average molecular weight is 328 g/mol. The molecule has 0 heterocycles. The van der Waals surface area contributed by atoms with Gasteiger partial charge in [0.1, 0.15) is 5.60 Å². The number of ketones is 1. The van der Waals surface area contributed by atoms with E-state index in [0.29, 0.717) is 36.5 Å². The van der Waals surface area contributed by atoms with Crippen LogP contribution >= 0.6 is 0 Å². The van der Waals surface area contributed by atoms with Crippen LogP contribution < -0.4 is 0 Å². The second-order valence-electron chi connectivity index (χ2n) is 8.53. The van der Waals surface area contributed by atoms with Gasteiger partial charge in [-0.3, -0.25) is 4.79 Å². The Hall–Kier alpha value is -1.11. The second-order valence-corrected chi connectivity index (χ2v) is 8.53. The van der Waals surface area contributed by atoms with Gasteiger partial charge in [0.05, 0.1) is 6.10 Å². The number of aliphatic hydroxyl groups is 2. The second kappa shape index (κ2) is 5.44. The third kappa shape index (κ3) is 1.96. The predicted octanol–water partition coefficient (Wildman–Crippen LogP) is 2.85. The smallest absolute Gasteiger partial charge is 0.155 e. The summed E-state index contributed by atoms with van der Waals surface area (Å²) < 4.78 is 0. The van der Waals surface area contributed by atoms with Gasteiger partial charge in [0, 0.05) is 11.8 Å². The van der Waals surface area contributed by atoms with Gasteiger partial charge in [0.15, 0.2) is 5.78 Å². The molecule has 3 nitrogen and oxygen atoms in total. The molecule has 4 rings (SSSR count). The maximum absolute atomic E-state index is 11.8. The largest absolute Gasteiger partial charge is 0.389 e. The van der Waals surface area contributed by atoms with Crippen LogP contribution in [-0.2, 0) is 4.79 Å². The standard InChI is InChI=1S/C21H28O3/c1-3-20-9-7-15-14-6-5-13(22)11-17(14)19(23)12-16(15)18(20)8-10-21(20,24)4-2/h2,11,14-16,18-19,23-24H,3,5-10,12H2,1H3/t14-,15-,16-,18+,19+,20-,21+/m1/s1. The first-order valence-corrected chi connectivity index (χ1v) is 9.58. The Morgan fingerprint density at radius 2 is 2.08 bits per heavy atom. The highest BCUT2D eigenvalue weighted by molar-refractivity contribution is 5.91. The molecule has 4 aliphatic rings. The molecular formula is C21H28O3. The normalized spacial score (nSPS) is 50.3. The molecule has 0 aromatic heterocycles. The van der Waals surface area contributed by atoms with E-state index in [2.05, 4.69) is 12.8 Å². The Morgan fingerprint density at radius 3 is 2.79 bits per heavy atom. The first kappa shape index (κ1) is 16.4. The van der Waals surface area contributed by atoms with Crippen molar-refractivity contribution < 1.29 is 15.0 Å². The van der Waals surface area contributed by atoms with Crippen molar-refractivity contribution in [3.8, 4) is 12.3 Å². The molecule has 3 saturated carbocycles. The summed E-state index contributed by atoms with van der Waals surface area (Å²) in [4.78, 5) is 11.8. The van der Waals surface area contributed by atoms with E-state index in [-0.39, 0.29) is 11.2 Å². The fourth-order valence-electron chi connectivity index (χ4n) is 6.96. The Morgan fingerprint density at radius 1 is 1.29 bits per heavy atom. The van der Waals surface area contributed by atoms with E-state index in [0.717, 1.165) is 44.1 Å². The lowest BCUT2D eigenvalue weighted by Crippen LogP contribution is -2.55. The van der Waals surface area contributed by atoms with Crippen molar-refractivity contribution in [3.05, 3.63) is 11.6 Å². The summed E-state index contributed by atoms with van der Waals surface area (Å²) >= 11 is 0. The molecule has 0 aromatic carbocycles. The maximum Gasteiger partial charge on any atom is 0.155 e. The van der Waals surface area contributed by atoms with E-state index in [1.54, 1.807) is 6.08 Å². The number of hydrogen-bond donors (Lipinski definition) is 2. The van der Waals surface area contributed by atoms with Crippen molar-refractivity contribution in [3.63, 3.8) is 0 Å². The molecule has 0 spiro atoms. The zero-order chi connectivity index (χ0) is 17.1. The minimum Gasteiger partial charge on any atom is -0.389 e. The number of fused-ring (bicyclic) bond motifs is 5. The van der Waals surface area contributed by atoms with Crippen LogP contribution in [0.3, 0.4) is 0 Å². The number of aliphatic hydroxyl groups excluding tert-OH is 1. The van der Waals surface area contributed by atoms with Gasteiger partial charge in [0.2, 0.25) is 0 Å². The molecule has 7 atom stereocenters. The summed E-state index contributed by atoms with van der Waals surface area (Å²) in [5, 5.41) is 21.8. The summed E-state index contributed by atoms with van der Waals surface area (Å²) in [5.74, 6) is 4.62. The minimum absolute atomic E-state index is 0.167. The highest BCUT2D eigenvalue weighted by Crippen LogP contribution is 2.66. The molecule has 24 heavy (non-hydrogen) atoms. The number of carbonyl (C=O) groups is 1. The first-order valence-electron chi connectivity index (χ1n) is 9.58. The zero-order valence-corrected chi connectivity index (χ0v) is 14.5. The van der Waals surface area contributed by atoms with Crippen molar-refractivity contribution >= 4 is 5.78 Å². The Balaban J connectivity index is 1.71. The van der Waals surface area contributed by atoms with E-state index >= 15 is 0 Å². The molecule has 2 N–H and O–H groups in total. The maximum atomic E-state index is 11.8. The Kier molecular flexibility index (Phi) is 3.71. The van der Waals surface area contributed by atoms with Gasteiger partial charge in [-0.2, -0.15) is 0 Å². The molecule has 0 amide bonds. The minimum atomic E-state index is -0.985. The van der Waals surface area contributed by atoms with Gasteiger partial charge >= 0.3 is 0 Å². The van der Waals surface area contributed by atoms with Crippen molar-refractivity contribution in [2.75, 3.05) is 0 Å². The van der Waals surface area contributed by atoms with Crippen molar-refractivity contribution in [2.45, 2.75) is 70.0 Å². The van der Waals surface area contributed by atoms with Crippen LogP contribution in [0.15, 0.2) is 11.6 Å². The summed E-state index contributed by atoms with van der Waals surface area (Å²) in [5.41, 5.74) is -0.184. The molecule has 130 valence electrons. The quantitative estimate of drug-likeness (QED) is 0.728. The molecule has 0 bridgehead atoms. The van der Waals surface area contributed by atoms with E-state index in [1.807, 2.05) is 0 Å². The van der Waals surface area contributed by atoms with Crippen molar-refractivity contribution in [2.24, 2.45) is 29.1 Å². The van der Waals surface area contributed by atoms with Crippen LogP contribution in [0.25, 0.3) is 0 Å². The third-order valence-corrected chi connectivity index (χ3v) is 8.07. The van der Waals surface area contributed by atoms with E-state index < -0.39 is 11.7 Å². The molecule has 0 radical (unpaired) electrons. The number of hydrogen-bond acceptors (Lipinski definition) is 3. The van der Waals surface area contributed by atoms with Crippen LogP contribution in [-0.4, -0.2) is 27.7 Å². The molecule has 0 unspecified atom stereocenters. The van der Waals surface area contributed by atoms with Gasteiger partial charge in [-0.05, 0) is 80.3 Å². The summed E-state index contributed by atoms with van der Waals surface area (Å²) in [6.45, 7) is 2.16. The lowest BCUT2D eigenvalue weighted by molar-refractivity contribution is -0.119. The fourth-order valence-corrected chi connectivity index (χ4v) is 6.96. The van der Waals surface area contributed by atoms with Crippen LogP contribution in [0.5, 0.6) is 0 Å². The number of carbonyl (C=O) groups excluding carboxylic acids is 1. The van der Waals surface area contributed by atoms with E-state index in [4.69, 9.17) is 6.42 Å².